The zero-order valence-electron chi connectivity index (χ0n) is 11.7. The van der Waals surface area contributed by atoms with Gasteiger partial charge in [-0.2, -0.15) is 0 Å². The van der Waals surface area contributed by atoms with E-state index < -0.39 is 0 Å². The molecule has 0 aromatic heterocycles. The summed E-state index contributed by atoms with van der Waals surface area (Å²) in [4.78, 5) is 12.1. The van der Waals surface area contributed by atoms with Gasteiger partial charge in [0.1, 0.15) is 0 Å². The lowest BCUT2D eigenvalue weighted by molar-refractivity contribution is 0.0989. The highest BCUT2D eigenvalue weighted by atomic mass is 16.3. The molecule has 0 aliphatic carbocycles. The number of Topliss-reactive ketones (excluding diaryl/α,β-unsaturated/α-hetero) is 1. The third-order valence-electron chi connectivity index (χ3n) is 2.98. The molecule has 0 fully saturated rings. The van der Waals surface area contributed by atoms with Gasteiger partial charge in [0.15, 0.2) is 5.78 Å². The Labute approximate surface area is 109 Å². The highest BCUT2D eigenvalue weighted by Gasteiger charge is 2.17. The normalized spacial score (nSPS) is 11.6. The number of aliphatic hydroxyl groups is 1. The van der Waals surface area contributed by atoms with Gasteiger partial charge in [-0.05, 0) is 29.5 Å². The number of hydrogen-bond acceptors (Lipinski definition) is 3. The maximum atomic E-state index is 12.1. The van der Waals surface area contributed by atoms with Gasteiger partial charge in [0, 0.05) is 12.1 Å². The van der Waals surface area contributed by atoms with Crippen LogP contribution in [0.2, 0.25) is 0 Å². The molecule has 18 heavy (non-hydrogen) atoms. The van der Waals surface area contributed by atoms with Crippen molar-refractivity contribution in [3.05, 3.63) is 34.9 Å². The summed E-state index contributed by atoms with van der Waals surface area (Å²) in [6.07, 6.45) is 0. The molecular weight excluding hydrogens is 226 g/mol. The van der Waals surface area contributed by atoms with E-state index in [1.54, 1.807) is 0 Å². The predicted octanol–water partition coefficient (Wildman–Crippen LogP) is 2.06. The number of aliphatic hydroxyl groups excluding tert-OH is 1. The molecule has 0 spiro atoms. The van der Waals surface area contributed by atoms with Gasteiger partial charge in [-0.1, -0.05) is 32.9 Å². The third-order valence-corrected chi connectivity index (χ3v) is 2.98. The van der Waals surface area contributed by atoms with Gasteiger partial charge < -0.3 is 10.4 Å². The fraction of sp³-hybridized carbons (Fsp3) is 0.533. The first-order chi connectivity index (χ1) is 8.36. The summed E-state index contributed by atoms with van der Waals surface area (Å²) in [5, 5.41) is 11.6. The second-order valence-electron chi connectivity index (χ2n) is 5.60. The van der Waals surface area contributed by atoms with Crippen LogP contribution in [0.15, 0.2) is 18.2 Å². The van der Waals surface area contributed by atoms with Gasteiger partial charge in [-0.3, -0.25) is 4.79 Å². The van der Waals surface area contributed by atoms with Gasteiger partial charge >= 0.3 is 0 Å². The summed E-state index contributed by atoms with van der Waals surface area (Å²) in [7, 11) is 0. The average molecular weight is 249 g/mol. The van der Waals surface area contributed by atoms with Crippen LogP contribution in [0.3, 0.4) is 0 Å². The van der Waals surface area contributed by atoms with Gasteiger partial charge in [0.05, 0.1) is 13.2 Å². The van der Waals surface area contributed by atoms with E-state index in [4.69, 9.17) is 5.11 Å². The summed E-state index contributed by atoms with van der Waals surface area (Å²) in [6, 6.07) is 6.06. The number of hydrogen-bond donors (Lipinski definition) is 2. The molecule has 0 aliphatic heterocycles. The van der Waals surface area contributed by atoms with Gasteiger partial charge in [0.25, 0.3) is 0 Å². The van der Waals surface area contributed by atoms with Crippen molar-refractivity contribution in [2.75, 3.05) is 19.7 Å². The molecule has 3 nitrogen and oxygen atoms in total. The van der Waals surface area contributed by atoms with Crippen LogP contribution in [0.25, 0.3) is 0 Å². The van der Waals surface area contributed by atoms with Crippen molar-refractivity contribution in [1.82, 2.24) is 5.32 Å². The van der Waals surface area contributed by atoms with Crippen LogP contribution in [0.4, 0.5) is 0 Å². The van der Waals surface area contributed by atoms with Crippen LogP contribution in [0.5, 0.6) is 0 Å². The lowest BCUT2D eigenvalue weighted by atomic mass is 9.85. The molecule has 0 heterocycles. The molecule has 0 radical (unpaired) electrons. The monoisotopic (exact) mass is 249 g/mol. The van der Waals surface area contributed by atoms with Crippen molar-refractivity contribution < 1.29 is 9.90 Å². The molecule has 0 amide bonds. The highest BCUT2D eigenvalue weighted by molar-refractivity contribution is 5.99. The molecule has 0 saturated carbocycles. The van der Waals surface area contributed by atoms with Crippen LogP contribution < -0.4 is 5.32 Å². The van der Waals surface area contributed by atoms with Crippen LogP contribution in [-0.2, 0) is 5.41 Å². The quantitative estimate of drug-likeness (QED) is 0.620. The van der Waals surface area contributed by atoms with Crippen LogP contribution in [0, 0.1) is 6.92 Å². The molecule has 1 aromatic rings. The van der Waals surface area contributed by atoms with E-state index in [1.807, 2.05) is 19.1 Å². The van der Waals surface area contributed by atoms with E-state index >= 15 is 0 Å². The van der Waals surface area contributed by atoms with E-state index in [2.05, 4.69) is 32.2 Å². The third kappa shape index (κ3) is 3.93. The van der Waals surface area contributed by atoms with E-state index in [-0.39, 0.29) is 24.3 Å². The average Bonchev–Trinajstić information content (AvgIpc) is 2.28. The first kappa shape index (κ1) is 14.9. The minimum absolute atomic E-state index is 0.0429. The number of rotatable bonds is 5. The van der Waals surface area contributed by atoms with Crippen LogP contribution in [0.1, 0.15) is 42.3 Å². The molecular formula is C15H23NO2. The lowest BCUT2D eigenvalue weighted by Crippen LogP contribution is -2.26. The first-order valence-corrected chi connectivity index (χ1v) is 6.32. The van der Waals surface area contributed by atoms with Crippen LogP contribution >= 0.6 is 0 Å². The molecule has 1 aromatic carbocycles. The topological polar surface area (TPSA) is 49.3 Å². The Kier molecular flexibility index (Phi) is 5.05. The van der Waals surface area contributed by atoms with E-state index in [0.29, 0.717) is 6.54 Å². The first-order valence-electron chi connectivity index (χ1n) is 6.32. The van der Waals surface area contributed by atoms with Crippen LogP contribution in [-0.4, -0.2) is 30.6 Å². The van der Waals surface area contributed by atoms with Crippen molar-refractivity contribution in [2.45, 2.75) is 33.1 Å². The van der Waals surface area contributed by atoms with Crippen molar-refractivity contribution in [2.24, 2.45) is 0 Å². The fourth-order valence-corrected chi connectivity index (χ4v) is 1.77. The van der Waals surface area contributed by atoms with Crippen molar-refractivity contribution in [3.8, 4) is 0 Å². The number of ketones is 1. The number of nitrogens with one attached hydrogen (secondary N) is 1. The second-order valence-corrected chi connectivity index (χ2v) is 5.60. The summed E-state index contributed by atoms with van der Waals surface area (Å²) in [5.74, 6) is 0.0760. The lowest BCUT2D eigenvalue weighted by Gasteiger charge is -2.20. The molecule has 100 valence electrons. The Hall–Kier alpha value is -1.19. The van der Waals surface area contributed by atoms with Gasteiger partial charge in [0.2, 0.25) is 0 Å². The second kappa shape index (κ2) is 6.12. The van der Waals surface area contributed by atoms with Crippen molar-refractivity contribution in [3.63, 3.8) is 0 Å². The zero-order valence-corrected chi connectivity index (χ0v) is 11.7. The summed E-state index contributed by atoms with van der Waals surface area (Å²) in [6.45, 7) is 9.13. The summed E-state index contributed by atoms with van der Waals surface area (Å²) < 4.78 is 0. The SMILES string of the molecule is Cc1ccc(C(C)(C)C)cc1C(=O)CNCCO. The fourth-order valence-electron chi connectivity index (χ4n) is 1.77. The largest absolute Gasteiger partial charge is 0.395 e. The van der Waals surface area contributed by atoms with E-state index in [9.17, 15) is 4.79 Å². The summed E-state index contributed by atoms with van der Waals surface area (Å²) in [5.41, 5.74) is 2.98. The standard InChI is InChI=1S/C15H23NO2/c1-11-5-6-12(15(2,3)4)9-13(11)14(18)10-16-7-8-17/h5-6,9,16-17H,7-8,10H2,1-4H3. The molecule has 0 aliphatic rings. The minimum Gasteiger partial charge on any atom is -0.395 e. The Balaban J connectivity index is 2.90. The molecule has 0 saturated heterocycles. The molecule has 0 unspecified atom stereocenters. The van der Waals surface area contributed by atoms with Crippen molar-refractivity contribution >= 4 is 5.78 Å². The molecule has 3 heteroatoms. The number of aryl methyl sites for hydroxylation is 1. The minimum atomic E-state index is 0.0429. The van der Waals surface area contributed by atoms with Gasteiger partial charge in [-0.15, -0.1) is 0 Å². The smallest absolute Gasteiger partial charge is 0.176 e. The van der Waals surface area contributed by atoms with Crippen molar-refractivity contribution in [1.29, 1.82) is 0 Å². The van der Waals surface area contributed by atoms with E-state index in [0.717, 1.165) is 11.1 Å². The predicted molar refractivity (Wildman–Crippen MR) is 74.2 cm³/mol. The maximum absolute atomic E-state index is 12.1. The molecule has 0 bridgehead atoms. The Morgan fingerprint density at radius 3 is 2.56 bits per heavy atom. The molecule has 2 N–H and O–H groups in total. The molecule has 0 atom stereocenters. The number of carbonyl (C=O) groups excluding carboxylic acids is 1. The zero-order chi connectivity index (χ0) is 13.8. The van der Waals surface area contributed by atoms with E-state index in [1.165, 1.54) is 5.56 Å². The molecule has 1 rings (SSSR count). The maximum Gasteiger partial charge on any atom is 0.176 e. The Bertz CT molecular complexity index is 419. The number of benzene rings is 1. The Morgan fingerprint density at radius 2 is 2.00 bits per heavy atom. The number of carbonyl (C=O) groups is 1. The van der Waals surface area contributed by atoms with Gasteiger partial charge in [-0.25, -0.2) is 0 Å². The summed E-state index contributed by atoms with van der Waals surface area (Å²) >= 11 is 0. The highest BCUT2D eigenvalue weighted by Crippen LogP contribution is 2.24. The Morgan fingerprint density at radius 1 is 1.33 bits per heavy atom.